The molecule has 0 radical (unpaired) electrons. The van der Waals surface area contributed by atoms with Crippen LogP contribution >= 0.6 is 11.3 Å². The Labute approximate surface area is 140 Å². The smallest absolute Gasteiger partial charge is 0.250 e. The molecule has 126 valence electrons. The van der Waals surface area contributed by atoms with Gasteiger partial charge in [-0.05, 0) is 38.8 Å². The third kappa shape index (κ3) is 3.65. The lowest BCUT2D eigenvalue weighted by atomic mass is 9.99. The number of aromatic nitrogens is 2. The average molecular weight is 355 g/mol. The molecule has 0 aromatic carbocycles. The lowest BCUT2D eigenvalue weighted by molar-refractivity contribution is -0.00446. The molecular weight excluding hydrogens is 334 g/mol. The number of ether oxygens (including phenoxy) is 1. The van der Waals surface area contributed by atoms with E-state index in [0.717, 1.165) is 29.8 Å². The first-order valence-corrected chi connectivity index (χ1v) is 10.0. The second-order valence-electron chi connectivity index (χ2n) is 5.66. The summed E-state index contributed by atoms with van der Waals surface area (Å²) in [6.45, 7) is 5.32. The number of rotatable bonds is 5. The third-order valence-corrected chi connectivity index (χ3v) is 6.90. The second kappa shape index (κ2) is 6.72. The fourth-order valence-electron chi connectivity index (χ4n) is 2.74. The van der Waals surface area contributed by atoms with Crippen LogP contribution in [0.3, 0.4) is 0 Å². The summed E-state index contributed by atoms with van der Waals surface area (Å²) in [6, 6.07) is 3.20. The highest BCUT2D eigenvalue weighted by atomic mass is 32.2. The molecule has 2 aromatic heterocycles. The molecule has 2 atom stereocenters. The van der Waals surface area contributed by atoms with Gasteiger partial charge in [-0.3, -0.25) is 4.68 Å². The molecule has 1 N–H and O–H groups in total. The zero-order chi connectivity index (χ0) is 16.4. The zero-order valence-corrected chi connectivity index (χ0v) is 14.9. The normalized spacial score (nSPS) is 22.3. The minimum absolute atomic E-state index is 0.273. The van der Waals surface area contributed by atoms with Crippen LogP contribution in [0.25, 0.3) is 0 Å². The van der Waals surface area contributed by atoms with E-state index in [1.165, 1.54) is 11.3 Å². The Morgan fingerprint density at radius 3 is 2.96 bits per heavy atom. The van der Waals surface area contributed by atoms with E-state index in [4.69, 9.17) is 4.74 Å². The maximum Gasteiger partial charge on any atom is 0.250 e. The minimum Gasteiger partial charge on any atom is -0.372 e. The fourth-order valence-corrected chi connectivity index (χ4v) is 5.31. The Bertz CT molecular complexity index is 767. The largest absolute Gasteiger partial charge is 0.372 e. The fraction of sp³-hybridized carbons (Fsp3) is 0.533. The molecule has 8 heteroatoms. The summed E-state index contributed by atoms with van der Waals surface area (Å²) >= 11 is 1.28. The Hall–Kier alpha value is -1.22. The molecule has 23 heavy (non-hydrogen) atoms. The zero-order valence-electron chi connectivity index (χ0n) is 13.2. The standard InChI is InChI=1S/C15H21N3O3S2/c1-3-18-10-12(9-16-18)15-13(5-4-8-21-15)17-23(19,20)14-7-6-11(2)22-14/h6-7,9-10,13,15,17H,3-5,8H2,1-2H3/t13-,15+/m0/s1. The summed E-state index contributed by atoms with van der Waals surface area (Å²) in [5, 5.41) is 4.26. The molecular formula is C15H21N3O3S2. The van der Waals surface area contributed by atoms with Gasteiger partial charge in [0.2, 0.25) is 10.0 Å². The highest BCUT2D eigenvalue weighted by Crippen LogP contribution is 2.30. The van der Waals surface area contributed by atoms with Crippen molar-refractivity contribution in [2.24, 2.45) is 0 Å². The van der Waals surface area contributed by atoms with Crippen LogP contribution in [0.5, 0.6) is 0 Å². The molecule has 1 saturated heterocycles. The Morgan fingerprint density at radius 2 is 2.30 bits per heavy atom. The van der Waals surface area contributed by atoms with Crippen LogP contribution in [-0.4, -0.2) is 30.8 Å². The van der Waals surface area contributed by atoms with Gasteiger partial charge in [0.1, 0.15) is 10.3 Å². The van der Waals surface area contributed by atoms with Crippen LogP contribution in [0.4, 0.5) is 0 Å². The number of thiophene rings is 1. The van der Waals surface area contributed by atoms with Gasteiger partial charge in [0.25, 0.3) is 0 Å². The van der Waals surface area contributed by atoms with Gasteiger partial charge < -0.3 is 4.74 Å². The van der Waals surface area contributed by atoms with Gasteiger partial charge in [-0.1, -0.05) is 0 Å². The van der Waals surface area contributed by atoms with Crippen molar-refractivity contribution in [2.75, 3.05) is 6.61 Å². The highest BCUT2D eigenvalue weighted by Gasteiger charge is 2.32. The molecule has 0 amide bonds. The number of hydrogen-bond acceptors (Lipinski definition) is 5. The molecule has 0 aliphatic carbocycles. The molecule has 0 saturated carbocycles. The molecule has 1 aliphatic rings. The summed E-state index contributed by atoms with van der Waals surface area (Å²) < 4.78 is 36.0. The highest BCUT2D eigenvalue weighted by molar-refractivity contribution is 7.91. The summed E-state index contributed by atoms with van der Waals surface area (Å²) in [5.74, 6) is 0. The topological polar surface area (TPSA) is 73.2 Å². The molecule has 0 unspecified atom stereocenters. The van der Waals surface area contributed by atoms with Crippen molar-refractivity contribution in [1.29, 1.82) is 0 Å². The summed E-state index contributed by atoms with van der Waals surface area (Å²) in [5.41, 5.74) is 0.918. The van der Waals surface area contributed by atoms with Crippen LogP contribution in [0.1, 0.15) is 36.3 Å². The SMILES string of the molecule is CCn1cc([C@H]2OCCC[C@@H]2NS(=O)(=O)c2ccc(C)s2)cn1. The molecule has 2 aromatic rings. The Morgan fingerprint density at radius 1 is 1.48 bits per heavy atom. The minimum atomic E-state index is -3.52. The monoisotopic (exact) mass is 355 g/mol. The van der Waals surface area contributed by atoms with Crippen molar-refractivity contribution in [3.63, 3.8) is 0 Å². The van der Waals surface area contributed by atoms with Crippen LogP contribution in [-0.2, 0) is 21.3 Å². The van der Waals surface area contributed by atoms with Gasteiger partial charge in [-0.2, -0.15) is 5.10 Å². The van der Waals surface area contributed by atoms with E-state index in [1.54, 1.807) is 12.3 Å². The van der Waals surface area contributed by atoms with Gasteiger partial charge in [-0.25, -0.2) is 13.1 Å². The van der Waals surface area contributed by atoms with Crippen LogP contribution in [0.15, 0.2) is 28.7 Å². The average Bonchev–Trinajstić information content (AvgIpc) is 3.16. The first-order valence-electron chi connectivity index (χ1n) is 7.72. The first kappa shape index (κ1) is 16.6. The Kier molecular flexibility index (Phi) is 4.86. The van der Waals surface area contributed by atoms with Crippen molar-refractivity contribution in [3.8, 4) is 0 Å². The summed E-state index contributed by atoms with van der Waals surface area (Å²) in [7, 11) is -3.52. The Balaban J connectivity index is 1.81. The predicted octanol–water partition coefficient (Wildman–Crippen LogP) is 2.47. The number of hydrogen-bond donors (Lipinski definition) is 1. The van der Waals surface area contributed by atoms with Crippen molar-refractivity contribution in [3.05, 3.63) is 35.0 Å². The molecule has 3 rings (SSSR count). The molecule has 1 fully saturated rings. The molecule has 3 heterocycles. The quantitative estimate of drug-likeness (QED) is 0.894. The predicted molar refractivity (Wildman–Crippen MR) is 89.0 cm³/mol. The van der Waals surface area contributed by atoms with E-state index in [2.05, 4.69) is 9.82 Å². The van der Waals surface area contributed by atoms with E-state index in [-0.39, 0.29) is 12.1 Å². The summed E-state index contributed by atoms with van der Waals surface area (Å²) in [6.07, 6.45) is 4.99. The van der Waals surface area contributed by atoms with Crippen LogP contribution < -0.4 is 4.72 Å². The molecule has 0 spiro atoms. The van der Waals surface area contributed by atoms with Crippen molar-refractivity contribution in [2.45, 2.75) is 49.6 Å². The maximum atomic E-state index is 12.6. The van der Waals surface area contributed by atoms with Gasteiger partial charge in [0.15, 0.2) is 0 Å². The lowest BCUT2D eigenvalue weighted by Crippen LogP contribution is -2.42. The number of sulfonamides is 1. The van der Waals surface area contributed by atoms with Gasteiger partial charge in [0, 0.05) is 29.8 Å². The second-order valence-corrected chi connectivity index (χ2v) is 8.88. The van der Waals surface area contributed by atoms with E-state index in [1.807, 2.05) is 30.8 Å². The van der Waals surface area contributed by atoms with E-state index in [9.17, 15) is 8.42 Å². The third-order valence-electron chi connectivity index (χ3n) is 3.92. The summed E-state index contributed by atoms with van der Waals surface area (Å²) in [4.78, 5) is 0.978. The van der Waals surface area contributed by atoms with Crippen molar-refractivity contribution < 1.29 is 13.2 Å². The molecule has 6 nitrogen and oxygen atoms in total. The van der Waals surface area contributed by atoms with E-state index >= 15 is 0 Å². The van der Waals surface area contributed by atoms with Gasteiger partial charge in [-0.15, -0.1) is 11.3 Å². The maximum absolute atomic E-state index is 12.6. The number of nitrogens with zero attached hydrogens (tertiary/aromatic N) is 2. The van der Waals surface area contributed by atoms with Crippen LogP contribution in [0, 0.1) is 6.92 Å². The molecule has 0 bridgehead atoms. The van der Waals surface area contributed by atoms with Crippen molar-refractivity contribution in [1.82, 2.24) is 14.5 Å². The first-order chi connectivity index (χ1) is 11.0. The van der Waals surface area contributed by atoms with Gasteiger partial charge in [0.05, 0.1) is 12.2 Å². The number of aryl methyl sites for hydroxylation is 2. The number of nitrogens with one attached hydrogen (secondary N) is 1. The molecule has 1 aliphatic heterocycles. The van der Waals surface area contributed by atoms with Crippen molar-refractivity contribution >= 4 is 21.4 Å². The van der Waals surface area contributed by atoms with E-state index in [0.29, 0.717) is 10.8 Å². The lowest BCUT2D eigenvalue weighted by Gasteiger charge is -2.31. The van der Waals surface area contributed by atoms with E-state index < -0.39 is 10.0 Å². The van der Waals surface area contributed by atoms with Crippen LogP contribution in [0.2, 0.25) is 0 Å². The van der Waals surface area contributed by atoms with Gasteiger partial charge >= 0.3 is 0 Å².